The standard InChI is InChI=1S/C18H28N2/c1-3-11-20-14-18(2,16-9-10-16)19-13-17(20)12-15-7-5-4-6-8-15/h4-8,16-17,19H,3,9-14H2,1-2H3. The van der Waals surface area contributed by atoms with E-state index in [4.69, 9.17) is 0 Å². The summed E-state index contributed by atoms with van der Waals surface area (Å²) in [6.45, 7) is 8.34. The maximum atomic E-state index is 3.87. The Kier molecular flexibility index (Phi) is 4.13. The van der Waals surface area contributed by atoms with Crippen LogP contribution < -0.4 is 5.32 Å². The van der Waals surface area contributed by atoms with E-state index >= 15 is 0 Å². The van der Waals surface area contributed by atoms with E-state index in [1.54, 1.807) is 0 Å². The van der Waals surface area contributed by atoms with Crippen LogP contribution in [0.15, 0.2) is 30.3 Å². The van der Waals surface area contributed by atoms with Crippen LogP contribution in [-0.4, -0.2) is 36.1 Å². The van der Waals surface area contributed by atoms with E-state index in [9.17, 15) is 0 Å². The second-order valence-corrected chi connectivity index (χ2v) is 6.89. The maximum Gasteiger partial charge on any atom is 0.0309 e. The van der Waals surface area contributed by atoms with Crippen LogP contribution >= 0.6 is 0 Å². The summed E-state index contributed by atoms with van der Waals surface area (Å²) in [4.78, 5) is 2.74. The van der Waals surface area contributed by atoms with Crippen LogP contribution in [0.5, 0.6) is 0 Å². The van der Waals surface area contributed by atoms with Gasteiger partial charge in [0.1, 0.15) is 0 Å². The van der Waals surface area contributed by atoms with Crippen molar-refractivity contribution >= 4 is 0 Å². The maximum absolute atomic E-state index is 3.87. The zero-order valence-electron chi connectivity index (χ0n) is 12.9. The first-order chi connectivity index (χ1) is 9.71. The molecule has 1 saturated heterocycles. The molecule has 1 aromatic carbocycles. The molecular formula is C18H28N2. The Morgan fingerprint density at radius 1 is 1.25 bits per heavy atom. The van der Waals surface area contributed by atoms with E-state index in [1.165, 1.54) is 44.3 Å². The molecule has 20 heavy (non-hydrogen) atoms. The van der Waals surface area contributed by atoms with Crippen LogP contribution in [0.2, 0.25) is 0 Å². The molecule has 2 aliphatic rings. The van der Waals surface area contributed by atoms with Gasteiger partial charge in [-0.15, -0.1) is 0 Å². The van der Waals surface area contributed by atoms with E-state index in [0.29, 0.717) is 11.6 Å². The number of piperazine rings is 1. The summed E-state index contributed by atoms with van der Waals surface area (Å²) in [5.74, 6) is 0.916. The summed E-state index contributed by atoms with van der Waals surface area (Å²) in [5.41, 5.74) is 1.83. The molecule has 0 aromatic heterocycles. The second kappa shape index (κ2) is 5.87. The fourth-order valence-corrected chi connectivity index (χ4v) is 3.72. The lowest BCUT2D eigenvalue weighted by atomic mass is 9.89. The molecule has 0 amide bonds. The van der Waals surface area contributed by atoms with Crippen molar-refractivity contribution < 1.29 is 0 Å². The average Bonchev–Trinajstić information content (AvgIpc) is 3.28. The molecule has 2 heteroatoms. The molecule has 1 saturated carbocycles. The molecule has 0 radical (unpaired) electrons. The van der Waals surface area contributed by atoms with Gasteiger partial charge in [-0.3, -0.25) is 4.90 Å². The number of hydrogen-bond donors (Lipinski definition) is 1. The van der Waals surface area contributed by atoms with Gasteiger partial charge in [0.25, 0.3) is 0 Å². The van der Waals surface area contributed by atoms with Crippen molar-refractivity contribution in [3.05, 3.63) is 35.9 Å². The van der Waals surface area contributed by atoms with Gasteiger partial charge in [0.15, 0.2) is 0 Å². The van der Waals surface area contributed by atoms with Gasteiger partial charge in [0.2, 0.25) is 0 Å². The van der Waals surface area contributed by atoms with Gasteiger partial charge in [-0.1, -0.05) is 37.3 Å². The molecule has 2 fully saturated rings. The molecule has 2 unspecified atom stereocenters. The van der Waals surface area contributed by atoms with E-state index in [0.717, 1.165) is 12.5 Å². The first-order valence-electron chi connectivity index (χ1n) is 8.24. The van der Waals surface area contributed by atoms with E-state index in [-0.39, 0.29) is 0 Å². The van der Waals surface area contributed by atoms with Crippen LogP contribution in [-0.2, 0) is 6.42 Å². The first-order valence-corrected chi connectivity index (χ1v) is 8.24. The highest BCUT2D eigenvalue weighted by molar-refractivity contribution is 5.17. The summed E-state index contributed by atoms with van der Waals surface area (Å²) in [6.07, 6.45) is 5.28. The van der Waals surface area contributed by atoms with Crippen molar-refractivity contribution in [2.45, 2.75) is 51.1 Å². The van der Waals surface area contributed by atoms with Crippen LogP contribution in [0, 0.1) is 5.92 Å². The van der Waals surface area contributed by atoms with Gasteiger partial charge < -0.3 is 5.32 Å². The van der Waals surface area contributed by atoms with Gasteiger partial charge in [0.05, 0.1) is 0 Å². The lowest BCUT2D eigenvalue weighted by molar-refractivity contribution is 0.0750. The molecule has 1 aliphatic carbocycles. The lowest BCUT2D eigenvalue weighted by Gasteiger charge is -2.47. The quantitative estimate of drug-likeness (QED) is 0.886. The van der Waals surface area contributed by atoms with Gasteiger partial charge >= 0.3 is 0 Å². The number of benzene rings is 1. The molecule has 1 heterocycles. The molecule has 0 spiro atoms. The SMILES string of the molecule is CCCN1CC(C)(C2CC2)NCC1Cc1ccccc1. The van der Waals surface area contributed by atoms with E-state index < -0.39 is 0 Å². The number of hydrogen-bond acceptors (Lipinski definition) is 2. The zero-order valence-corrected chi connectivity index (χ0v) is 12.9. The second-order valence-electron chi connectivity index (χ2n) is 6.89. The molecular weight excluding hydrogens is 244 g/mol. The van der Waals surface area contributed by atoms with Crippen LogP contribution in [0.25, 0.3) is 0 Å². The highest BCUT2D eigenvalue weighted by Crippen LogP contribution is 2.41. The molecule has 3 rings (SSSR count). The van der Waals surface area contributed by atoms with Crippen molar-refractivity contribution in [2.24, 2.45) is 5.92 Å². The van der Waals surface area contributed by atoms with Crippen molar-refractivity contribution in [3.8, 4) is 0 Å². The Morgan fingerprint density at radius 3 is 2.65 bits per heavy atom. The fraction of sp³-hybridized carbons (Fsp3) is 0.667. The smallest absolute Gasteiger partial charge is 0.0309 e. The summed E-state index contributed by atoms with van der Waals surface area (Å²) in [6, 6.07) is 11.6. The molecule has 0 bridgehead atoms. The Bertz CT molecular complexity index is 426. The first kappa shape index (κ1) is 14.1. The van der Waals surface area contributed by atoms with Crippen LogP contribution in [0.1, 0.15) is 38.7 Å². The third-order valence-electron chi connectivity index (χ3n) is 5.09. The highest BCUT2D eigenvalue weighted by atomic mass is 15.3. The average molecular weight is 272 g/mol. The normalized spacial score (nSPS) is 31.4. The monoisotopic (exact) mass is 272 g/mol. The third kappa shape index (κ3) is 3.07. The minimum Gasteiger partial charge on any atom is -0.308 e. The van der Waals surface area contributed by atoms with Gasteiger partial charge in [-0.05, 0) is 50.6 Å². The molecule has 2 nitrogen and oxygen atoms in total. The highest BCUT2D eigenvalue weighted by Gasteiger charge is 2.45. The minimum absolute atomic E-state index is 0.363. The molecule has 110 valence electrons. The van der Waals surface area contributed by atoms with Gasteiger partial charge in [0, 0.05) is 24.7 Å². The molecule has 2 atom stereocenters. The van der Waals surface area contributed by atoms with Crippen molar-refractivity contribution in [1.82, 2.24) is 10.2 Å². The predicted molar refractivity (Wildman–Crippen MR) is 84.9 cm³/mol. The minimum atomic E-state index is 0.363. The number of nitrogens with one attached hydrogen (secondary N) is 1. The topological polar surface area (TPSA) is 15.3 Å². The molecule has 1 N–H and O–H groups in total. The Balaban J connectivity index is 1.67. The fourth-order valence-electron chi connectivity index (χ4n) is 3.72. The molecule has 1 aliphatic heterocycles. The Morgan fingerprint density at radius 2 is 2.00 bits per heavy atom. The van der Waals surface area contributed by atoms with Crippen molar-refractivity contribution in [2.75, 3.05) is 19.6 Å². The third-order valence-corrected chi connectivity index (χ3v) is 5.09. The Hall–Kier alpha value is -0.860. The summed E-state index contributed by atoms with van der Waals surface area (Å²) in [5, 5.41) is 3.87. The Labute approximate surface area is 123 Å². The summed E-state index contributed by atoms with van der Waals surface area (Å²) < 4.78 is 0. The van der Waals surface area contributed by atoms with Crippen molar-refractivity contribution in [3.63, 3.8) is 0 Å². The van der Waals surface area contributed by atoms with Crippen molar-refractivity contribution in [1.29, 1.82) is 0 Å². The van der Waals surface area contributed by atoms with Gasteiger partial charge in [-0.2, -0.15) is 0 Å². The van der Waals surface area contributed by atoms with Crippen LogP contribution in [0.4, 0.5) is 0 Å². The van der Waals surface area contributed by atoms with Gasteiger partial charge in [-0.25, -0.2) is 0 Å². The summed E-state index contributed by atoms with van der Waals surface area (Å²) in [7, 11) is 0. The number of nitrogens with zero attached hydrogens (tertiary/aromatic N) is 1. The molecule has 1 aromatic rings. The summed E-state index contributed by atoms with van der Waals surface area (Å²) >= 11 is 0. The van der Waals surface area contributed by atoms with E-state index in [2.05, 4.69) is 54.4 Å². The van der Waals surface area contributed by atoms with Crippen LogP contribution in [0.3, 0.4) is 0 Å². The largest absolute Gasteiger partial charge is 0.308 e. The zero-order chi connectivity index (χ0) is 14.0. The lowest BCUT2D eigenvalue weighted by Crippen LogP contribution is -2.64. The number of rotatable bonds is 5. The van der Waals surface area contributed by atoms with E-state index in [1.807, 2.05) is 0 Å². The predicted octanol–water partition coefficient (Wildman–Crippen LogP) is 3.08.